The van der Waals surface area contributed by atoms with Gasteiger partial charge in [-0.2, -0.15) is 5.10 Å². The van der Waals surface area contributed by atoms with E-state index in [-0.39, 0.29) is 6.04 Å². The number of aliphatic hydroxyl groups is 1. The van der Waals surface area contributed by atoms with Gasteiger partial charge in [-0.15, -0.1) is 0 Å². The maximum atomic E-state index is 9.97. The van der Waals surface area contributed by atoms with E-state index >= 15 is 0 Å². The van der Waals surface area contributed by atoms with Crippen LogP contribution in [0.5, 0.6) is 0 Å². The summed E-state index contributed by atoms with van der Waals surface area (Å²) in [6, 6.07) is 0.255. The summed E-state index contributed by atoms with van der Waals surface area (Å²) in [7, 11) is 0. The van der Waals surface area contributed by atoms with Gasteiger partial charge in [-0.25, -0.2) is 0 Å². The maximum absolute atomic E-state index is 9.97. The Morgan fingerprint density at radius 1 is 1.62 bits per heavy atom. The molecule has 1 unspecified atom stereocenters. The molecule has 1 aromatic heterocycles. The summed E-state index contributed by atoms with van der Waals surface area (Å²) in [6.07, 6.45) is 6.97. The summed E-state index contributed by atoms with van der Waals surface area (Å²) in [4.78, 5) is 0. The van der Waals surface area contributed by atoms with Crippen LogP contribution in [-0.2, 0) is 6.54 Å². The third kappa shape index (κ3) is 2.44. The van der Waals surface area contributed by atoms with Crippen LogP contribution in [0, 0.1) is 0 Å². The molecule has 2 N–H and O–H groups in total. The molecule has 1 aromatic rings. The van der Waals surface area contributed by atoms with Gasteiger partial charge in [-0.05, 0) is 33.1 Å². The summed E-state index contributed by atoms with van der Waals surface area (Å²) >= 11 is 0. The quantitative estimate of drug-likeness (QED) is 0.794. The van der Waals surface area contributed by atoms with Crippen LogP contribution in [0.15, 0.2) is 12.4 Å². The van der Waals surface area contributed by atoms with E-state index in [0.717, 1.165) is 25.8 Å². The number of hydrogen-bond donors (Lipinski definition) is 2. The average Bonchev–Trinajstić information content (AvgIpc) is 2.71. The lowest BCUT2D eigenvalue weighted by Crippen LogP contribution is -2.46. The summed E-state index contributed by atoms with van der Waals surface area (Å²) < 4.78 is 1.92. The third-order valence-corrected chi connectivity index (χ3v) is 3.50. The van der Waals surface area contributed by atoms with Gasteiger partial charge in [0.05, 0.1) is 11.8 Å². The first kappa shape index (κ1) is 11.6. The minimum atomic E-state index is -0.449. The van der Waals surface area contributed by atoms with Crippen molar-refractivity contribution < 1.29 is 5.11 Å². The monoisotopic (exact) mass is 223 g/mol. The largest absolute Gasteiger partial charge is 0.389 e. The minimum Gasteiger partial charge on any atom is -0.389 e. The molecule has 0 aliphatic heterocycles. The van der Waals surface area contributed by atoms with Crippen molar-refractivity contribution in [3.63, 3.8) is 0 Å². The highest BCUT2D eigenvalue weighted by atomic mass is 16.3. The van der Waals surface area contributed by atoms with Crippen LogP contribution in [0.1, 0.15) is 44.7 Å². The third-order valence-electron chi connectivity index (χ3n) is 3.50. The van der Waals surface area contributed by atoms with Gasteiger partial charge in [-0.3, -0.25) is 4.68 Å². The van der Waals surface area contributed by atoms with E-state index in [1.165, 1.54) is 5.56 Å². The first-order valence-electron chi connectivity index (χ1n) is 6.11. The number of aromatic nitrogens is 2. The smallest absolute Gasteiger partial charge is 0.0771 e. The van der Waals surface area contributed by atoms with Crippen molar-refractivity contribution in [1.82, 2.24) is 15.1 Å². The van der Waals surface area contributed by atoms with E-state index in [9.17, 15) is 5.11 Å². The van der Waals surface area contributed by atoms with Crippen molar-refractivity contribution in [2.45, 2.75) is 51.3 Å². The maximum Gasteiger partial charge on any atom is 0.0771 e. The molecule has 0 bridgehead atoms. The molecule has 1 aliphatic carbocycles. The van der Waals surface area contributed by atoms with Crippen molar-refractivity contribution in [3.8, 4) is 0 Å². The van der Waals surface area contributed by atoms with Gasteiger partial charge in [0.2, 0.25) is 0 Å². The van der Waals surface area contributed by atoms with Crippen molar-refractivity contribution in [2.75, 3.05) is 6.54 Å². The Morgan fingerprint density at radius 3 is 2.88 bits per heavy atom. The number of hydrogen-bond acceptors (Lipinski definition) is 3. The van der Waals surface area contributed by atoms with Crippen LogP contribution in [0.3, 0.4) is 0 Å². The van der Waals surface area contributed by atoms with E-state index in [2.05, 4.69) is 30.5 Å². The second kappa shape index (κ2) is 4.55. The fraction of sp³-hybridized carbons (Fsp3) is 0.750. The second-order valence-corrected chi connectivity index (χ2v) is 4.81. The summed E-state index contributed by atoms with van der Waals surface area (Å²) in [5.74, 6) is 0. The molecule has 1 aliphatic rings. The van der Waals surface area contributed by atoms with Crippen LogP contribution in [0.4, 0.5) is 0 Å². The van der Waals surface area contributed by atoms with E-state index in [1.807, 2.05) is 10.9 Å². The zero-order chi connectivity index (χ0) is 11.6. The molecule has 1 heterocycles. The standard InChI is InChI=1S/C12H21N3O/c1-3-15-8-11(7-14-15)10(2)13-9-12(16)5-4-6-12/h7-8,10,13,16H,3-6,9H2,1-2H3. The Balaban J connectivity index is 1.85. The molecular weight excluding hydrogens is 202 g/mol. The van der Waals surface area contributed by atoms with Gasteiger partial charge in [0.15, 0.2) is 0 Å². The predicted molar refractivity (Wildman–Crippen MR) is 63.1 cm³/mol. The molecule has 0 saturated heterocycles. The zero-order valence-electron chi connectivity index (χ0n) is 10.1. The topological polar surface area (TPSA) is 50.1 Å². The van der Waals surface area contributed by atoms with Gasteiger partial charge in [0.25, 0.3) is 0 Å². The van der Waals surface area contributed by atoms with Crippen molar-refractivity contribution >= 4 is 0 Å². The van der Waals surface area contributed by atoms with Crippen LogP contribution in [0.2, 0.25) is 0 Å². The number of aryl methyl sites for hydroxylation is 1. The van der Waals surface area contributed by atoms with Crippen LogP contribution < -0.4 is 5.32 Å². The summed E-state index contributed by atoms with van der Waals surface area (Å²) in [5.41, 5.74) is 0.736. The molecule has 1 fully saturated rings. The number of rotatable bonds is 5. The van der Waals surface area contributed by atoms with Crippen molar-refractivity contribution in [3.05, 3.63) is 18.0 Å². The average molecular weight is 223 g/mol. The lowest BCUT2D eigenvalue weighted by molar-refractivity contribution is -0.0329. The Kier molecular flexibility index (Phi) is 3.30. The molecule has 2 rings (SSSR count). The van der Waals surface area contributed by atoms with E-state index in [4.69, 9.17) is 0 Å². The summed E-state index contributed by atoms with van der Waals surface area (Å²) in [6.45, 7) is 5.77. The minimum absolute atomic E-state index is 0.255. The fourth-order valence-corrected chi connectivity index (χ4v) is 2.00. The highest BCUT2D eigenvalue weighted by Crippen LogP contribution is 2.31. The molecule has 1 atom stereocenters. The predicted octanol–water partition coefficient (Wildman–Crippen LogP) is 1.47. The molecule has 0 radical (unpaired) electrons. The number of nitrogens with one attached hydrogen (secondary N) is 1. The normalized spacial score (nSPS) is 20.4. The van der Waals surface area contributed by atoms with Crippen LogP contribution >= 0.6 is 0 Å². The molecule has 0 spiro atoms. The Hall–Kier alpha value is -0.870. The van der Waals surface area contributed by atoms with Gasteiger partial charge < -0.3 is 10.4 Å². The highest BCUT2D eigenvalue weighted by molar-refractivity contribution is 5.09. The van der Waals surface area contributed by atoms with E-state index < -0.39 is 5.60 Å². The molecule has 1 saturated carbocycles. The molecule has 4 heteroatoms. The zero-order valence-corrected chi connectivity index (χ0v) is 10.1. The van der Waals surface area contributed by atoms with Gasteiger partial charge in [0.1, 0.15) is 0 Å². The molecular formula is C12H21N3O. The Bertz CT molecular complexity index is 344. The molecule has 0 aromatic carbocycles. The van der Waals surface area contributed by atoms with E-state index in [0.29, 0.717) is 6.54 Å². The molecule has 16 heavy (non-hydrogen) atoms. The van der Waals surface area contributed by atoms with Crippen molar-refractivity contribution in [1.29, 1.82) is 0 Å². The Labute approximate surface area is 96.7 Å². The lowest BCUT2D eigenvalue weighted by atomic mass is 9.80. The first-order valence-corrected chi connectivity index (χ1v) is 6.11. The van der Waals surface area contributed by atoms with E-state index in [1.54, 1.807) is 0 Å². The first-order chi connectivity index (χ1) is 7.63. The molecule has 0 amide bonds. The molecule has 90 valence electrons. The van der Waals surface area contributed by atoms with Gasteiger partial charge in [-0.1, -0.05) is 0 Å². The highest BCUT2D eigenvalue weighted by Gasteiger charge is 2.34. The lowest BCUT2D eigenvalue weighted by Gasteiger charge is -2.37. The fourth-order valence-electron chi connectivity index (χ4n) is 2.00. The second-order valence-electron chi connectivity index (χ2n) is 4.81. The summed E-state index contributed by atoms with van der Waals surface area (Å²) in [5, 5.41) is 17.6. The SMILES string of the molecule is CCn1cc(C(C)NCC2(O)CCC2)cn1. The van der Waals surface area contributed by atoms with Crippen molar-refractivity contribution in [2.24, 2.45) is 0 Å². The van der Waals surface area contributed by atoms with Crippen LogP contribution in [0.25, 0.3) is 0 Å². The van der Waals surface area contributed by atoms with Gasteiger partial charge >= 0.3 is 0 Å². The van der Waals surface area contributed by atoms with Gasteiger partial charge in [0, 0.05) is 30.9 Å². The number of nitrogens with zero attached hydrogens (tertiary/aromatic N) is 2. The Morgan fingerprint density at radius 2 is 2.38 bits per heavy atom. The van der Waals surface area contributed by atoms with Crippen LogP contribution in [-0.4, -0.2) is 27.0 Å². The molecule has 4 nitrogen and oxygen atoms in total.